The van der Waals surface area contributed by atoms with Crippen molar-refractivity contribution in [1.82, 2.24) is 5.32 Å². The summed E-state index contributed by atoms with van der Waals surface area (Å²) in [6.45, 7) is 0.378. The predicted molar refractivity (Wildman–Crippen MR) is 128 cm³/mol. The van der Waals surface area contributed by atoms with Crippen molar-refractivity contribution in [2.24, 2.45) is 0 Å². The Hall–Kier alpha value is -2.74. The van der Waals surface area contributed by atoms with Crippen LogP contribution in [-0.2, 0) is 27.9 Å². The topological polar surface area (TPSA) is 75.7 Å². The lowest BCUT2D eigenvalue weighted by Crippen LogP contribution is -2.29. The number of carbonyl (C=O) groups is 1. The first kappa shape index (κ1) is 23.9. The maximum Gasteiger partial charge on any atom is 0.258 e. The van der Waals surface area contributed by atoms with Crippen molar-refractivity contribution < 1.29 is 17.9 Å². The lowest BCUT2D eigenvalue weighted by molar-refractivity contribution is -0.123. The van der Waals surface area contributed by atoms with Crippen molar-refractivity contribution in [3.05, 3.63) is 94.0 Å². The molecule has 0 atom stereocenters. The fraction of sp³-hybridized carbons (Fsp3) is 0.174. The summed E-state index contributed by atoms with van der Waals surface area (Å²) in [5.41, 5.74) is 2.22. The van der Waals surface area contributed by atoms with E-state index in [0.717, 1.165) is 17.4 Å². The zero-order chi connectivity index (χ0) is 23.1. The highest BCUT2D eigenvalue weighted by Crippen LogP contribution is 2.24. The van der Waals surface area contributed by atoms with Crippen LogP contribution in [0.3, 0.4) is 0 Å². The van der Waals surface area contributed by atoms with Gasteiger partial charge in [0.25, 0.3) is 5.91 Å². The molecule has 0 radical (unpaired) electrons. The van der Waals surface area contributed by atoms with Crippen LogP contribution in [0.25, 0.3) is 0 Å². The fourth-order valence-corrected chi connectivity index (χ4v) is 4.01. The van der Waals surface area contributed by atoms with E-state index in [1.54, 1.807) is 60.7 Å². The average molecular weight is 493 g/mol. The maximum atomic E-state index is 12.3. The molecule has 6 nitrogen and oxygen atoms in total. The van der Waals surface area contributed by atoms with Crippen LogP contribution in [0, 0.1) is 0 Å². The number of rotatable bonds is 9. The number of anilines is 1. The SMILES string of the molecule is CS(=O)(=O)N(Cc1ccc(Cl)cc1)c1ccc(OCC(=O)NCc2ccc(Cl)cc2)cc1. The number of halogens is 2. The van der Waals surface area contributed by atoms with Crippen molar-refractivity contribution in [2.75, 3.05) is 17.2 Å². The minimum absolute atomic E-state index is 0.159. The van der Waals surface area contributed by atoms with Gasteiger partial charge in [-0.1, -0.05) is 47.5 Å². The van der Waals surface area contributed by atoms with Crippen molar-refractivity contribution in [3.63, 3.8) is 0 Å². The van der Waals surface area contributed by atoms with Crippen molar-refractivity contribution >= 4 is 44.8 Å². The Bertz CT molecular complexity index is 1150. The molecule has 0 aliphatic heterocycles. The summed E-state index contributed by atoms with van der Waals surface area (Å²) in [7, 11) is -3.51. The minimum atomic E-state index is -3.51. The first-order chi connectivity index (χ1) is 15.2. The summed E-state index contributed by atoms with van der Waals surface area (Å²) in [5, 5.41) is 3.98. The lowest BCUT2D eigenvalue weighted by Gasteiger charge is -2.23. The molecule has 0 spiro atoms. The van der Waals surface area contributed by atoms with Crippen LogP contribution in [0.5, 0.6) is 5.75 Å². The summed E-state index contributed by atoms with van der Waals surface area (Å²) in [6.07, 6.45) is 1.15. The molecule has 0 aliphatic carbocycles. The number of amides is 1. The highest BCUT2D eigenvalue weighted by Gasteiger charge is 2.18. The second-order valence-corrected chi connectivity index (χ2v) is 9.86. The molecule has 0 saturated carbocycles. The molecule has 0 bridgehead atoms. The van der Waals surface area contributed by atoms with E-state index in [-0.39, 0.29) is 19.1 Å². The van der Waals surface area contributed by atoms with Gasteiger partial charge in [0.1, 0.15) is 5.75 Å². The first-order valence-corrected chi connectivity index (χ1v) is 12.3. The predicted octanol–water partition coefficient (Wildman–Crippen LogP) is 4.65. The monoisotopic (exact) mass is 492 g/mol. The molecule has 3 aromatic carbocycles. The molecule has 3 aromatic rings. The Morgan fingerprint density at radius 1 is 0.875 bits per heavy atom. The van der Waals surface area contributed by atoms with Crippen LogP contribution in [0.2, 0.25) is 10.0 Å². The van der Waals surface area contributed by atoms with E-state index in [2.05, 4.69) is 5.32 Å². The molecule has 32 heavy (non-hydrogen) atoms. The lowest BCUT2D eigenvalue weighted by atomic mass is 10.2. The average Bonchev–Trinajstić information content (AvgIpc) is 2.76. The standard InChI is InChI=1S/C23H22Cl2N2O4S/c1-32(29,30)27(15-18-4-8-20(25)9-5-18)21-10-12-22(13-11-21)31-16-23(28)26-14-17-2-6-19(24)7-3-17/h2-13H,14-16H2,1H3,(H,26,28). The molecule has 0 unspecified atom stereocenters. The number of sulfonamides is 1. The smallest absolute Gasteiger partial charge is 0.258 e. The van der Waals surface area contributed by atoms with Crippen LogP contribution >= 0.6 is 23.2 Å². The third-order valence-electron chi connectivity index (χ3n) is 4.54. The molecule has 0 aliphatic rings. The number of carbonyl (C=O) groups excluding carboxylic acids is 1. The molecule has 3 rings (SSSR count). The van der Waals surface area contributed by atoms with Crippen molar-refractivity contribution in [2.45, 2.75) is 13.1 Å². The quantitative estimate of drug-likeness (QED) is 0.471. The van der Waals surface area contributed by atoms with Gasteiger partial charge in [0.15, 0.2) is 6.61 Å². The zero-order valence-corrected chi connectivity index (χ0v) is 19.6. The Labute approximate surface area is 197 Å². The third kappa shape index (κ3) is 7.15. The van der Waals surface area contributed by atoms with Gasteiger partial charge in [0, 0.05) is 16.6 Å². The van der Waals surface area contributed by atoms with Crippen molar-refractivity contribution in [1.29, 1.82) is 0 Å². The van der Waals surface area contributed by atoms with Gasteiger partial charge in [-0.3, -0.25) is 9.10 Å². The molecular formula is C23H22Cl2N2O4S. The van der Waals surface area contributed by atoms with Gasteiger partial charge < -0.3 is 10.1 Å². The molecule has 0 heterocycles. The number of ether oxygens (including phenoxy) is 1. The van der Waals surface area contributed by atoms with Crippen LogP contribution in [0.4, 0.5) is 5.69 Å². The molecule has 1 N–H and O–H groups in total. The molecule has 0 aromatic heterocycles. The van der Waals surface area contributed by atoms with Crippen LogP contribution in [-0.4, -0.2) is 27.2 Å². The van der Waals surface area contributed by atoms with E-state index in [4.69, 9.17) is 27.9 Å². The van der Waals surface area contributed by atoms with Crippen molar-refractivity contribution in [3.8, 4) is 5.75 Å². The summed E-state index contributed by atoms with van der Waals surface area (Å²) in [6, 6.07) is 20.7. The van der Waals surface area contributed by atoms with E-state index >= 15 is 0 Å². The zero-order valence-electron chi connectivity index (χ0n) is 17.3. The molecule has 1 amide bonds. The van der Waals surface area contributed by atoms with E-state index in [9.17, 15) is 13.2 Å². The van der Waals surface area contributed by atoms with Crippen LogP contribution < -0.4 is 14.4 Å². The highest BCUT2D eigenvalue weighted by atomic mass is 35.5. The third-order valence-corrected chi connectivity index (χ3v) is 6.18. The van der Waals surface area contributed by atoms with Gasteiger partial charge >= 0.3 is 0 Å². The molecule has 168 valence electrons. The number of nitrogens with zero attached hydrogens (tertiary/aromatic N) is 1. The van der Waals surface area contributed by atoms with Crippen LogP contribution in [0.15, 0.2) is 72.8 Å². The van der Waals surface area contributed by atoms with E-state index in [1.165, 1.54) is 4.31 Å². The Kier molecular flexibility index (Phi) is 8.01. The molecule has 0 saturated heterocycles. The molecule has 9 heteroatoms. The highest BCUT2D eigenvalue weighted by molar-refractivity contribution is 7.92. The van der Waals surface area contributed by atoms with E-state index < -0.39 is 10.0 Å². The summed E-state index contributed by atoms with van der Waals surface area (Å²) < 4.78 is 31.4. The Balaban J connectivity index is 1.57. The summed E-state index contributed by atoms with van der Waals surface area (Å²) in [4.78, 5) is 12.0. The van der Waals surface area contributed by atoms with E-state index in [0.29, 0.717) is 28.0 Å². The second kappa shape index (κ2) is 10.7. The van der Waals surface area contributed by atoms with Gasteiger partial charge in [-0.25, -0.2) is 8.42 Å². The van der Waals surface area contributed by atoms with Gasteiger partial charge in [-0.2, -0.15) is 0 Å². The first-order valence-electron chi connectivity index (χ1n) is 9.67. The summed E-state index contributed by atoms with van der Waals surface area (Å²) in [5.74, 6) is 0.180. The number of benzene rings is 3. The van der Waals surface area contributed by atoms with Gasteiger partial charge in [-0.05, 0) is 59.7 Å². The maximum absolute atomic E-state index is 12.3. The van der Waals surface area contributed by atoms with Gasteiger partial charge in [-0.15, -0.1) is 0 Å². The molecule has 0 fully saturated rings. The summed E-state index contributed by atoms with van der Waals surface area (Å²) >= 11 is 11.7. The normalized spacial score (nSPS) is 11.1. The number of hydrogen-bond donors (Lipinski definition) is 1. The fourth-order valence-electron chi connectivity index (χ4n) is 2.87. The van der Waals surface area contributed by atoms with Gasteiger partial charge in [0.05, 0.1) is 18.5 Å². The van der Waals surface area contributed by atoms with Crippen LogP contribution in [0.1, 0.15) is 11.1 Å². The largest absolute Gasteiger partial charge is 0.484 e. The van der Waals surface area contributed by atoms with Gasteiger partial charge in [0.2, 0.25) is 10.0 Å². The Morgan fingerprint density at radius 3 is 1.94 bits per heavy atom. The van der Waals surface area contributed by atoms with E-state index in [1.807, 2.05) is 12.1 Å². The Morgan fingerprint density at radius 2 is 1.41 bits per heavy atom. The minimum Gasteiger partial charge on any atom is -0.484 e. The number of hydrogen-bond acceptors (Lipinski definition) is 4. The molecular weight excluding hydrogens is 471 g/mol. The number of nitrogens with one attached hydrogen (secondary N) is 1. The second-order valence-electron chi connectivity index (χ2n) is 7.08.